The summed E-state index contributed by atoms with van der Waals surface area (Å²) >= 11 is 0. The quantitative estimate of drug-likeness (QED) is 0.651. The van der Waals surface area contributed by atoms with E-state index in [-0.39, 0.29) is 6.61 Å². The molecular formula is C16H15NO4. The SMILES string of the molecule is O=C(N[C@H](O)C(=O)c1ccccc1)OCc1ccccc1. The van der Waals surface area contributed by atoms with Crippen molar-refractivity contribution in [1.82, 2.24) is 5.32 Å². The number of carbonyl (C=O) groups excluding carboxylic acids is 2. The van der Waals surface area contributed by atoms with E-state index in [1.807, 2.05) is 18.2 Å². The van der Waals surface area contributed by atoms with Crippen LogP contribution in [0.25, 0.3) is 0 Å². The molecule has 5 nitrogen and oxygen atoms in total. The van der Waals surface area contributed by atoms with Crippen molar-refractivity contribution in [1.29, 1.82) is 0 Å². The fraction of sp³-hybridized carbons (Fsp3) is 0.125. The molecule has 0 spiro atoms. The van der Waals surface area contributed by atoms with Crippen molar-refractivity contribution >= 4 is 11.9 Å². The second kappa shape index (κ2) is 7.21. The van der Waals surface area contributed by atoms with E-state index >= 15 is 0 Å². The van der Waals surface area contributed by atoms with Gasteiger partial charge in [-0.2, -0.15) is 0 Å². The Balaban J connectivity index is 1.83. The van der Waals surface area contributed by atoms with E-state index in [0.717, 1.165) is 5.56 Å². The number of aliphatic hydroxyl groups excluding tert-OH is 1. The Kier molecular flexibility index (Phi) is 5.06. The Morgan fingerprint density at radius 1 is 1.00 bits per heavy atom. The van der Waals surface area contributed by atoms with Gasteiger partial charge in [-0.05, 0) is 5.56 Å². The summed E-state index contributed by atoms with van der Waals surface area (Å²) in [6.07, 6.45) is -2.48. The van der Waals surface area contributed by atoms with Gasteiger partial charge in [0, 0.05) is 5.56 Å². The zero-order valence-corrected chi connectivity index (χ0v) is 11.2. The van der Waals surface area contributed by atoms with Crippen molar-refractivity contribution in [2.24, 2.45) is 0 Å². The first-order valence-corrected chi connectivity index (χ1v) is 6.41. The second-order valence-electron chi connectivity index (χ2n) is 4.34. The molecule has 108 valence electrons. The van der Waals surface area contributed by atoms with Gasteiger partial charge in [0.15, 0.2) is 6.23 Å². The topological polar surface area (TPSA) is 75.6 Å². The van der Waals surface area contributed by atoms with E-state index in [1.165, 1.54) is 0 Å². The van der Waals surface area contributed by atoms with Crippen molar-refractivity contribution < 1.29 is 19.4 Å². The average molecular weight is 285 g/mol. The van der Waals surface area contributed by atoms with Crippen molar-refractivity contribution in [2.45, 2.75) is 12.8 Å². The molecule has 0 heterocycles. The van der Waals surface area contributed by atoms with Crippen LogP contribution in [-0.4, -0.2) is 23.2 Å². The Labute approximate surface area is 122 Å². The number of aliphatic hydroxyl groups is 1. The molecule has 0 aliphatic heterocycles. The lowest BCUT2D eigenvalue weighted by Crippen LogP contribution is -2.40. The third-order valence-corrected chi connectivity index (χ3v) is 2.77. The number of ether oxygens (including phenoxy) is 1. The first kappa shape index (κ1) is 14.7. The molecule has 1 atom stereocenters. The molecule has 2 N–H and O–H groups in total. The lowest BCUT2D eigenvalue weighted by Gasteiger charge is -2.12. The van der Waals surface area contributed by atoms with Crippen molar-refractivity contribution in [3.05, 3.63) is 71.8 Å². The molecule has 1 amide bonds. The Hall–Kier alpha value is -2.66. The predicted molar refractivity (Wildman–Crippen MR) is 76.5 cm³/mol. The van der Waals surface area contributed by atoms with Crippen molar-refractivity contribution in [3.63, 3.8) is 0 Å². The van der Waals surface area contributed by atoms with E-state index < -0.39 is 18.1 Å². The third-order valence-electron chi connectivity index (χ3n) is 2.77. The number of alkyl carbamates (subject to hydrolysis) is 1. The van der Waals surface area contributed by atoms with E-state index in [2.05, 4.69) is 5.32 Å². The van der Waals surface area contributed by atoms with Gasteiger partial charge in [0.25, 0.3) is 0 Å². The fourth-order valence-electron chi connectivity index (χ4n) is 1.70. The third kappa shape index (κ3) is 4.43. The largest absolute Gasteiger partial charge is 0.445 e. The van der Waals surface area contributed by atoms with Crippen LogP contribution in [0.1, 0.15) is 15.9 Å². The standard InChI is InChI=1S/C16H15NO4/c18-14(13-9-5-2-6-10-13)15(19)17-16(20)21-11-12-7-3-1-4-8-12/h1-10,15,19H,11H2,(H,17,20)/t15-/m1/s1. The molecule has 5 heteroatoms. The molecule has 0 unspecified atom stereocenters. The summed E-state index contributed by atoms with van der Waals surface area (Å²) in [6, 6.07) is 17.3. The lowest BCUT2D eigenvalue weighted by atomic mass is 10.1. The van der Waals surface area contributed by atoms with E-state index in [9.17, 15) is 14.7 Å². The molecule has 0 aliphatic carbocycles. The lowest BCUT2D eigenvalue weighted by molar-refractivity contribution is 0.0621. The number of carbonyl (C=O) groups is 2. The summed E-state index contributed by atoms with van der Waals surface area (Å²) < 4.78 is 4.92. The van der Waals surface area contributed by atoms with Gasteiger partial charge in [-0.1, -0.05) is 60.7 Å². The van der Waals surface area contributed by atoms with Gasteiger partial charge >= 0.3 is 6.09 Å². The predicted octanol–water partition coefficient (Wildman–Crippen LogP) is 2.11. The summed E-state index contributed by atoms with van der Waals surface area (Å²) in [5.74, 6) is -0.590. The number of benzene rings is 2. The normalized spacial score (nSPS) is 11.5. The first-order valence-electron chi connectivity index (χ1n) is 6.41. The highest BCUT2D eigenvalue weighted by Crippen LogP contribution is 2.03. The highest BCUT2D eigenvalue weighted by molar-refractivity contribution is 6.00. The number of rotatable bonds is 5. The molecule has 0 aromatic heterocycles. The van der Waals surface area contributed by atoms with Crippen molar-refractivity contribution in [2.75, 3.05) is 0 Å². The second-order valence-corrected chi connectivity index (χ2v) is 4.34. The maximum atomic E-state index is 11.8. The van der Waals surface area contributed by atoms with Crippen LogP contribution in [0.3, 0.4) is 0 Å². The van der Waals surface area contributed by atoms with Gasteiger partial charge in [-0.15, -0.1) is 0 Å². The molecule has 0 saturated carbocycles. The molecule has 0 saturated heterocycles. The molecule has 2 aromatic rings. The Morgan fingerprint density at radius 2 is 1.57 bits per heavy atom. The van der Waals surface area contributed by atoms with Crippen LogP contribution in [0.4, 0.5) is 4.79 Å². The van der Waals surface area contributed by atoms with E-state index in [1.54, 1.807) is 42.5 Å². The van der Waals surface area contributed by atoms with Gasteiger partial charge in [0.2, 0.25) is 5.78 Å². The first-order chi connectivity index (χ1) is 10.2. The van der Waals surface area contributed by atoms with Crippen LogP contribution < -0.4 is 5.32 Å². The molecule has 21 heavy (non-hydrogen) atoms. The van der Waals surface area contributed by atoms with E-state index in [0.29, 0.717) is 5.56 Å². The van der Waals surface area contributed by atoms with Gasteiger partial charge in [-0.25, -0.2) is 4.79 Å². The number of hydrogen-bond acceptors (Lipinski definition) is 4. The molecule has 2 rings (SSSR count). The minimum absolute atomic E-state index is 0.0684. The molecule has 0 bridgehead atoms. The van der Waals surface area contributed by atoms with Crippen LogP contribution >= 0.6 is 0 Å². The number of Topliss-reactive ketones (excluding diaryl/α,β-unsaturated/α-hetero) is 1. The molecule has 0 fully saturated rings. The van der Waals surface area contributed by atoms with Crippen LogP contribution in [-0.2, 0) is 11.3 Å². The number of ketones is 1. The maximum Gasteiger partial charge on any atom is 0.409 e. The van der Waals surface area contributed by atoms with E-state index in [4.69, 9.17) is 4.74 Å². The monoisotopic (exact) mass is 285 g/mol. The van der Waals surface area contributed by atoms with Crippen LogP contribution in [0.15, 0.2) is 60.7 Å². The summed E-state index contributed by atoms with van der Waals surface area (Å²) in [5.41, 5.74) is 1.13. The number of nitrogens with one attached hydrogen (secondary N) is 1. The van der Waals surface area contributed by atoms with Crippen LogP contribution in [0, 0.1) is 0 Å². The maximum absolute atomic E-state index is 11.8. The molecule has 0 aliphatic rings. The Morgan fingerprint density at radius 3 is 2.19 bits per heavy atom. The van der Waals surface area contributed by atoms with Gasteiger partial charge in [-0.3, -0.25) is 10.1 Å². The minimum atomic E-state index is -1.63. The fourth-order valence-corrected chi connectivity index (χ4v) is 1.70. The summed E-state index contributed by atoms with van der Waals surface area (Å²) in [5, 5.41) is 11.8. The minimum Gasteiger partial charge on any atom is -0.445 e. The number of hydrogen-bond donors (Lipinski definition) is 2. The smallest absolute Gasteiger partial charge is 0.409 e. The zero-order chi connectivity index (χ0) is 15.1. The molecular weight excluding hydrogens is 270 g/mol. The van der Waals surface area contributed by atoms with Gasteiger partial charge < -0.3 is 9.84 Å². The molecule has 2 aromatic carbocycles. The van der Waals surface area contributed by atoms with Gasteiger partial charge in [0.05, 0.1) is 0 Å². The summed E-state index contributed by atoms with van der Waals surface area (Å²) in [4.78, 5) is 23.4. The zero-order valence-electron chi connectivity index (χ0n) is 11.2. The summed E-state index contributed by atoms with van der Waals surface area (Å²) in [6.45, 7) is 0.0684. The van der Waals surface area contributed by atoms with Crippen LogP contribution in [0.5, 0.6) is 0 Å². The summed E-state index contributed by atoms with van der Waals surface area (Å²) in [7, 11) is 0. The van der Waals surface area contributed by atoms with Crippen molar-refractivity contribution in [3.8, 4) is 0 Å². The van der Waals surface area contributed by atoms with Gasteiger partial charge in [0.1, 0.15) is 6.61 Å². The highest BCUT2D eigenvalue weighted by Gasteiger charge is 2.19. The van der Waals surface area contributed by atoms with Crippen LogP contribution in [0.2, 0.25) is 0 Å². The average Bonchev–Trinajstić information content (AvgIpc) is 2.54. The Bertz CT molecular complexity index is 598. The molecule has 0 radical (unpaired) electrons. The number of amides is 1. The highest BCUT2D eigenvalue weighted by atomic mass is 16.6.